The largest absolute Gasteiger partial charge is 0.480 e. The zero-order valence-electron chi connectivity index (χ0n) is 21.9. The van der Waals surface area contributed by atoms with Crippen molar-refractivity contribution in [2.24, 2.45) is 0 Å². The SMILES string of the molecule is CC(C)(C)OC(=O)NC(Cc1ccccc1)C(=O)NC(Cc1ccccc1)C(=O)NC(CCCF)C(=O)O. The Morgan fingerprint density at radius 3 is 1.66 bits per heavy atom. The molecule has 2 rings (SSSR count). The van der Waals surface area contributed by atoms with Crippen molar-refractivity contribution in [1.82, 2.24) is 16.0 Å². The normalized spacial score (nSPS) is 13.5. The lowest BCUT2D eigenvalue weighted by molar-refractivity contribution is -0.142. The van der Waals surface area contributed by atoms with E-state index in [9.17, 15) is 28.7 Å². The molecule has 2 aromatic rings. The van der Waals surface area contributed by atoms with Gasteiger partial charge in [-0.25, -0.2) is 9.59 Å². The van der Waals surface area contributed by atoms with Gasteiger partial charge in [0.15, 0.2) is 0 Å². The second-order valence-corrected chi connectivity index (χ2v) is 9.87. The first kappa shape index (κ1) is 30.3. The number of carboxylic acid groups (broad SMARTS) is 1. The molecule has 4 N–H and O–H groups in total. The molecule has 3 atom stereocenters. The molecule has 0 aliphatic heterocycles. The van der Waals surface area contributed by atoms with Crippen LogP contribution in [0.4, 0.5) is 9.18 Å². The number of alkyl carbamates (subject to hydrolysis) is 1. The van der Waals surface area contributed by atoms with Crippen molar-refractivity contribution in [2.45, 2.75) is 70.2 Å². The van der Waals surface area contributed by atoms with E-state index in [0.717, 1.165) is 11.1 Å². The van der Waals surface area contributed by atoms with Gasteiger partial charge in [0.2, 0.25) is 11.8 Å². The third-order valence-electron chi connectivity index (χ3n) is 5.45. The van der Waals surface area contributed by atoms with Crippen LogP contribution in [0.2, 0.25) is 0 Å². The highest BCUT2D eigenvalue weighted by Crippen LogP contribution is 2.10. The van der Waals surface area contributed by atoms with Crippen LogP contribution in [0.15, 0.2) is 60.7 Å². The number of hydrogen-bond acceptors (Lipinski definition) is 5. The molecule has 38 heavy (non-hydrogen) atoms. The first-order valence-corrected chi connectivity index (χ1v) is 12.5. The lowest BCUT2D eigenvalue weighted by Gasteiger charge is -2.26. The maximum absolute atomic E-state index is 13.4. The fourth-order valence-electron chi connectivity index (χ4n) is 3.65. The van der Waals surface area contributed by atoms with Crippen molar-refractivity contribution in [3.63, 3.8) is 0 Å². The molecule has 206 valence electrons. The Morgan fingerprint density at radius 1 is 0.789 bits per heavy atom. The number of hydrogen-bond donors (Lipinski definition) is 4. The van der Waals surface area contributed by atoms with Crippen molar-refractivity contribution in [2.75, 3.05) is 6.67 Å². The van der Waals surface area contributed by atoms with E-state index in [1.165, 1.54) is 0 Å². The Labute approximate surface area is 222 Å². The Balaban J connectivity index is 2.27. The smallest absolute Gasteiger partial charge is 0.408 e. The molecule has 0 spiro atoms. The molecule has 3 unspecified atom stereocenters. The van der Waals surface area contributed by atoms with Gasteiger partial charge in [-0.15, -0.1) is 0 Å². The minimum atomic E-state index is -1.31. The van der Waals surface area contributed by atoms with Gasteiger partial charge >= 0.3 is 12.1 Å². The highest BCUT2D eigenvalue weighted by Gasteiger charge is 2.30. The average Bonchev–Trinajstić information content (AvgIpc) is 2.85. The molecule has 0 bridgehead atoms. The fraction of sp³-hybridized carbons (Fsp3) is 0.429. The van der Waals surface area contributed by atoms with Gasteiger partial charge in [-0.2, -0.15) is 0 Å². The lowest BCUT2D eigenvalue weighted by atomic mass is 10.0. The Bertz CT molecular complexity index is 1060. The summed E-state index contributed by atoms with van der Waals surface area (Å²) in [7, 11) is 0. The van der Waals surface area contributed by atoms with Crippen molar-refractivity contribution in [3.8, 4) is 0 Å². The summed E-state index contributed by atoms with van der Waals surface area (Å²) in [6.07, 6.45) is -0.736. The molecule has 0 heterocycles. The van der Waals surface area contributed by atoms with E-state index in [1.54, 1.807) is 75.4 Å². The van der Waals surface area contributed by atoms with Gasteiger partial charge in [0.25, 0.3) is 0 Å². The van der Waals surface area contributed by atoms with Gasteiger partial charge < -0.3 is 25.8 Å². The van der Waals surface area contributed by atoms with E-state index in [-0.39, 0.29) is 25.7 Å². The summed E-state index contributed by atoms with van der Waals surface area (Å²) in [6.45, 7) is 4.37. The molecular formula is C28H36FN3O6. The number of halogens is 1. The Hall–Kier alpha value is -3.95. The summed E-state index contributed by atoms with van der Waals surface area (Å²) in [5, 5.41) is 17.1. The van der Waals surface area contributed by atoms with E-state index in [1.807, 2.05) is 6.07 Å². The molecule has 3 amide bonds. The van der Waals surface area contributed by atoms with E-state index in [4.69, 9.17) is 4.74 Å². The van der Waals surface area contributed by atoms with Crippen LogP contribution in [0.3, 0.4) is 0 Å². The average molecular weight is 530 g/mol. The van der Waals surface area contributed by atoms with Crippen molar-refractivity contribution in [3.05, 3.63) is 71.8 Å². The number of nitrogens with one attached hydrogen (secondary N) is 3. The lowest BCUT2D eigenvalue weighted by Crippen LogP contribution is -2.57. The van der Waals surface area contributed by atoms with E-state index < -0.39 is 54.3 Å². The molecule has 0 fully saturated rings. The van der Waals surface area contributed by atoms with Gasteiger partial charge in [0, 0.05) is 12.8 Å². The highest BCUT2D eigenvalue weighted by atomic mass is 19.1. The maximum atomic E-state index is 13.4. The van der Waals surface area contributed by atoms with Crippen molar-refractivity contribution >= 4 is 23.9 Å². The Morgan fingerprint density at radius 2 is 1.24 bits per heavy atom. The topological polar surface area (TPSA) is 134 Å². The van der Waals surface area contributed by atoms with E-state index in [2.05, 4.69) is 16.0 Å². The van der Waals surface area contributed by atoms with Gasteiger partial charge in [0.05, 0.1) is 6.67 Å². The second kappa shape index (κ2) is 14.7. The van der Waals surface area contributed by atoms with Crippen LogP contribution >= 0.6 is 0 Å². The predicted molar refractivity (Wildman–Crippen MR) is 140 cm³/mol. The second-order valence-electron chi connectivity index (χ2n) is 9.87. The zero-order chi connectivity index (χ0) is 28.1. The minimum absolute atomic E-state index is 0.0358. The van der Waals surface area contributed by atoms with Crippen LogP contribution in [-0.4, -0.2) is 59.4 Å². The van der Waals surface area contributed by atoms with Crippen LogP contribution < -0.4 is 16.0 Å². The van der Waals surface area contributed by atoms with Crippen molar-refractivity contribution < 1.29 is 33.4 Å². The van der Waals surface area contributed by atoms with Crippen LogP contribution in [-0.2, 0) is 32.0 Å². The molecule has 0 radical (unpaired) electrons. The minimum Gasteiger partial charge on any atom is -0.480 e. The summed E-state index contributed by atoms with van der Waals surface area (Å²) >= 11 is 0. The summed E-state index contributed by atoms with van der Waals surface area (Å²) in [5.74, 6) is -2.68. The number of amides is 3. The quantitative estimate of drug-likeness (QED) is 0.315. The Kier molecular flexibility index (Phi) is 11.7. The molecule has 0 saturated carbocycles. The number of carboxylic acids is 1. The van der Waals surface area contributed by atoms with Crippen LogP contribution in [0.5, 0.6) is 0 Å². The van der Waals surface area contributed by atoms with Gasteiger partial charge in [-0.3, -0.25) is 14.0 Å². The number of carbonyl (C=O) groups is 4. The first-order valence-electron chi connectivity index (χ1n) is 12.5. The van der Waals surface area contributed by atoms with Crippen molar-refractivity contribution in [1.29, 1.82) is 0 Å². The predicted octanol–water partition coefficient (Wildman–Crippen LogP) is 3.17. The molecule has 0 saturated heterocycles. The van der Waals surface area contributed by atoms with Crippen LogP contribution in [0, 0.1) is 0 Å². The monoisotopic (exact) mass is 529 g/mol. The van der Waals surface area contributed by atoms with E-state index in [0.29, 0.717) is 0 Å². The molecule has 9 nitrogen and oxygen atoms in total. The molecule has 2 aromatic carbocycles. The molecule has 0 aliphatic carbocycles. The summed E-state index contributed by atoms with van der Waals surface area (Å²) in [6, 6.07) is 14.3. The van der Waals surface area contributed by atoms with Gasteiger partial charge in [-0.05, 0) is 44.7 Å². The maximum Gasteiger partial charge on any atom is 0.408 e. The number of rotatable bonds is 13. The van der Waals surface area contributed by atoms with E-state index >= 15 is 0 Å². The summed E-state index contributed by atoms with van der Waals surface area (Å²) in [4.78, 5) is 50.7. The molecule has 0 aliphatic rings. The fourth-order valence-corrected chi connectivity index (χ4v) is 3.65. The van der Waals surface area contributed by atoms with Crippen LogP contribution in [0.25, 0.3) is 0 Å². The van der Waals surface area contributed by atoms with Gasteiger partial charge in [-0.1, -0.05) is 60.7 Å². The first-order chi connectivity index (χ1) is 18.0. The van der Waals surface area contributed by atoms with Crippen LogP contribution in [0.1, 0.15) is 44.7 Å². The summed E-state index contributed by atoms with van der Waals surface area (Å²) in [5.41, 5.74) is 0.701. The third-order valence-corrected chi connectivity index (χ3v) is 5.45. The molecular weight excluding hydrogens is 493 g/mol. The zero-order valence-corrected chi connectivity index (χ0v) is 21.9. The number of alkyl halides is 1. The summed E-state index contributed by atoms with van der Waals surface area (Å²) < 4.78 is 18.0. The standard InChI is InChI=1S/C28H36FN3O6/c1-28(2,3)38-27(37)32-23(18-20-13-8-5-9-14-20)25(34)31-22(17-19-11-6-4-7-12-19)24(33)30-21(26(35)36)15-10-16-29/h4-9,11-14,21-23H,10,15-18H2,1-3H3,(H,30,33)(H,31,34)(H,32,37)(H,35,36). The van der Waals surface area contributed by atoms with Gasteiger partial charge in [0.1, 0.15) is 23.7 Å². The number of aliphatic carboxylic acids is 1. The number of carbonyl (C=O) groups excluding carboxylic acids is 3. The highest BCUT2D eigenvalue weighted by molar-refractivity contribution is 5.93. The molecule has 0 aromatic heterocycles. The number of ether oxygens (including phenoxy) is 1. The number of benzene rings is 2. The third kappa shape index (κ3) is 11.0. The molecule has 10 heteroatoms.